The summed E-state index contributed by atoms with van der Waals surface area (Å²) in [7, 11) is -3.25. The van der Waals surface area contributed by atoms with E-state index in [0.29, 0.717) is 6.54 Å². The van der Waals surface area contributed by atoms with E-state index in [9.17, 15) is 8.42 Å². The van der Waals surface area contributed by atoms with Crippen LogP contribution < -0.4 is 10.5 Å². The topological polar surface area (TPSA) is 72.2 Å². The number of benzene rings is 1. The van der Waals surface area contributed by atoms with Crippen molar-refractivity contribution in [3.8, 4) is 0 Å². The van der Waals surface area contributed by atoms with Gasteiger partial charge in [0.1, 0.15) is 0 Å². The Morgan fingerprint density at radius 1 is 1.20 bits per heavy atom. The van der Waals surface area contributed by atoms with Crippen molar-refractivity contribution in [2.24, 2.45) is 11.7 Å². The van der Waals surface area contributed by atoms with Crippen LogP contribution in [0, 0.1) is 5.92 Å². The van der Waals surface area contributed by atoms with Gasteiger partial charge in [0, 0.05) is 12.1 Å². The molecule has 1 atom stereocenters. The molecule has 114 valence electrons. The van der Waals surface area contributed by atoms with Crippen LogP contribution in [0.1, 0.15) is 33.3 Å². The molecule has 0 aliphatic heterocycles. The number of hydrogen-bond acceptors (Lipinski definition) is 3. The quantitative estimate of drug-likeness (QED) is 0.807. The molecule has 1 unspecified atom stereocenters. The van der Waals surface area contributed by atoms with Crippen LogP contribution in [-0.2, 0) is 16.4 Å². The second kappa shape index (κ2) is 6.70. The molecule has 0 bridgehead atoms. The lowest BCUT2D eigenvalue weighted by molar-refractivity contribution is 0.317. The molecule has 3 N–H and O–H groups in total. The summed E-state index contributed by atoms with van der Waals surface area (Å²) in [6.45, 7) is 7.57. The van der Waals surface area contributed by atoms with Gasteiger partial charge in [0.2, 0.25) is 10.0 Å². The number of hydrogen-bond donors (Lipinski definition) is 2. The fourth-order valence-electron chi connectivity index (χ4n) is 1.88. The molecule has 1 aromatic carbocycles. The molecule has 0 radical (unpaired) electrons. The van der Waals surface area contributed by atoms with Crippen LogP contribution in [0.15, 0.2) is 30.3 Å². The summed E-state index contributed by atoms with van der Waals surface area (Å²) in [4.78, 5) is 0. The lowest BCUT2D eigenvalue weighted by Crippen LogP contribution is -2.48. The maximum absolute atomic E-state index is 11.9. The minimum atomic E-state index is -3.25. The van der Waals surface area contributed by atoms with Gasteiger partial charge in [-0.15, -0.1) is 0 Å². The Kier molecular flexibility index (Phi) is 5.74. The van der Waals surface area contributed by atoms with E-state index >= 15 is 0 Å². The lowest BCUT2D eigenvalue weighted by atomic mass is 9.83. The molecule has 0 saturated carbocycles. The van der Waals surface area contributed by atoms with Gasteiger partial charge >= 0.3 is 0 Å². The van der Waals surface area contributed by atoms with Crippen molar-refractivity contribution < 1.29 is 8.42 Å². The smallest absolute Gasteiger partial charge is 0.213 e. The normalized spacial score (nSPS) is 14.5. The summed E-state index contributed by atoms with van der Waals surface area (Å²) in [5, 5.41) is -0.430. The van der Waals surface area contributed by atoms with Crippen molar-refractivity contribution in [2.45, 2.75) is 44.9 Å². The van der Waals surface area contributed by atoms with Crippen LogP contribution >= 0.6 is 0 Å². The van der Waals surface area contributed by atoms with E-state index in [-0.39, 0.29) is 5.92 Å². The highest BCUT2D eigenvalue weighted by atomic mass is 32.2. The molecular weight excluding hydrogens is 272 g/mol. The van der Waals surface area contributed by atoms with Crippen molar-refractivity contribution in [1.82, 2.24) is 4.72 Å². The van der Waals surface area contributed by atoms with E-state index < -0.39 is 20.8 Å². The summed E-state index contributed by atoms with van der Waals surface area (Å²) >= 11 is 0. The molecule has 0 aromatic heterocycles. The van der Waals surface area contributed by atoms with E-state index in [1.165, 1.54) is 5.56 Å². The molecular formula is C15H26N2O2S. The Balaban J connectivity index is 2.77. The summed E-state index contributed by atoms with van der Waals surface area (Å²) < 4.78 is 26.4. The Hall–Kier alpha value is -0.910. The van der Waals surface area contributed by atoms with Gasteiger partial charge in [-0.25, -0.2) is 13.1 Å². The minimum Gasteiger partial charge on any atom is -0.325 e. The van der Waals surface area contributed by atoms with Crippen LogP contribution in [-0.4, -0.2) is 25.8 Å². The second-order valence-corrected chi connectivity index (χ2v) is 8.47. The first-order valence-electron chi connectivity index (χ1n) is 6.94. The minimum absolute atomic E-state index is 0.0402. The van der Waals surface area contributed by atoms with Gasteiger partial charge in [-0.3, -0.25) is 0 Å². The van der Waals surface area contributed by atoms with Crippen LogP contribution in [0.3, 0.4) is 0 Å². The molecule has 4 nitrogen and oxygen atoms in total. The van der Waals surface area contributed by atoms with Crippen molar-refractivity contribution in [3.05, 3.63) is 35.9 Å². The summed E-state index contributed by atoms with van der Waals surface area (Å²) in [6.07, 6.45) is 0.755. The van der Waals surface area contributed by atoms with Crippen molar-refractivity contribution in [2.75, 3.05) is 6.54 Å². The third-order valence-corrected chi connectivity index (χ3v) is 5.34. The molecule has 0 aliphatic carbocycles. The number of rotatable bonds is 7. The molecule has 20 heavy (non-hydrogen) atoms. The van der Waals surface area contributed by atoms with Crippen molar-refractivity contribution >= 4 is 10.0 Å². The Morgan fingerprint density at radius 2 is 1.75 bits per heavy atom. The first kappa shape index (κ1) is 17.1. The largest absolute Gasteiger partial charge is 0.325 e. The zero-order chi connectivity index (χ0) is 15.4. The molecule has 0 saturated heterocycles. The van der Waals surface area contributed by atoms with E-state index in [1.54, 1.807) is 13.8 Å². The zero-order valence-electron chi connectivity index (χ0n) is 12.8. The summed E-state index contributed by atoms with van der Waals surface area (Å²) in [5.74, 6) is 0.0402. The third-order valence-electron chi connectivity index (χ3n) is 3.53. The molecule has 1 rings (SSSR count). The zero-order valence-corrected chi connectivity index (χ0v) is 13.6. The third kappa shape index (κ3) is 5.23. The van der Waals surface area contributed by atoms with Gasteiger partial charge in [-0.1, -0.05) is 30.3 Å². The molecule has 0 amide bonds. The van der Waals surface area contributed by atoms with Crippen molar-refractivity contribution in [1.29, 1.82) is 0 Å². The fraction of sp³-hybridized carbons (Fsp3) is 0.600. The van der Waals surface area contributed by atoms with Gasteiger partial charge in [-0.05, 0) is 45.6 Å². The van der Waals surface area contributed by atoms with Gasteiger partial charge in [0.15, 0.2) is 0 Å². The second-order valence-electron chi connectivity index (χ2n) is 6.15. The van der Waals surface area contributed by atoms with E-state index in [0.717, 1.165) is 6.42 Å². The lowest BCUT2D eigenvalue weighted by Gasteiger charge is -2.31. The fourth-order valence-corrected chi connectivity index (χ4v) is 2.65. The van der Waals surface area contributed by atoms with Gasteiger partial charge in [-0.2, -0.15) is 0 Å². The van der Waals surface area contributed by atoms with Gasteiger partial charge in [0.05, 0.1) is 5.25 Å². The highest BCUT2D eigenvalue weighted by Crippen LogP contribution is 2.19. The van der Waals surface area contributed by atoms with Crippen LogP contribution in [0.5, 0.6) is 0 Å². The maximum Gasteiger partial charge on any atom is 0.213 e. The van der Waals surface area contributed by atoms with Gasteiger partial charge in [0.25, 0.3) is 0 Å². The molecule has 0 fully saturated rings. The summed E-state index contributed by atoms with van der Waals surface area (Å²) in [6, 6.07) is 10.0. The molecule has 5 heteroatoms. The monoisotopic (exact) mass is 298 g/mol. The Bertz CT molecular complexity index is 504. The van der Waals surface area contributed by atoms with E-state index in [1.807, 2.05) is 44.2 Å². The standard InChI is InChI=1S/C15H26N2O2S/c1-12(2)20(18,19)17-11-14(15(3,4)16)10-13-8-6-5-7-9-13/h5-9,12,14,17H,10-11,16H2,1-4H3. The van der Waals surface area contributed by atoms with Crippen LogP contribution in [0.25, 0.3) is 0 Å². The van der Waals surface area contributed by atoms with E-state index in [4.69, 9.17) is 5.73 Å². The molecule has 0 heterocycles. The van der Waals surface area contributed by atoms with Crippen molar-refractivity contribution in [3.63, 3.8) is 0 Å². The number of sulfonamides is 1. The van der Waals surface area contributed by atoms with E-state index in [2.05, 4.69) is 4.72 Å². The van der Waals surface area contributed by atoms with Crippen LogP contribution in [0.4, 0.5) is 0 Å². The molecule has 0 aliphatic rings. The predicted molar refractivity (Wildman–Crippen MR) is 84.0 cm³/mol. The average molecular weight is 298 g/mol. The Labute approximate surface area is 122 Å². The maximum atomic E-state index is 11.9. The SMILES string of the molecule is CC(C)S(=O)(=O)NCC(Cc1ccccc1)C(C)(C)N. The highest BCUT2D eigenvalue weighted by Gasteiger charge is 2.27. The van der Waals surface area contributed by atoms with Crippen LogP contribution in [0.2, 0.25) is 0 Å². The first-order valence-corrected chi connectivity index (χ1v) is 8.49. The summed E-state index contributed by atoms with van der Waals surface area (Å²) in [5.41, 5.74) is 6.92. The Morgan fingerprint density at radius 3 is 2.20 bits per heavy atom. The number of nitrogens with two attached hydrogens (primary N) is 1. The molecule has 1 aromatic rings. The average Bonchev–Trinajstić information content (AvgIpc) is 2.34. The predicted octanol–water partition coefficient (Wildman–Crippen LogP) is 1.91. The van der Waals surface area contributed by atoms with Gasteiger partial charge < -0.3 is 5.73 Å². The first-order chi connectivity index (χ1) is 9.13. The molecule has 0 spiro atoms. The highest BCUT2D eigenvalue weighted by molar-refractivity contribution is 7.90. The number of nitrogens with one attached hydrogen (secondary N) is 1.